The van der Waals surface area contributed by atoms with E-state index in [1.807, 2.05) is 13.8 Å². The number of H-pyrrole nitrogens is 1. The average Bonchev–Trinajstić information content (AvgIpc) is 2.80. The molecule has 2 heterocycles. The molecule has 0 bridgehead atoms. The van der Waals surface area contributed by atoms with Crippen LogP contribution in [0.2, 0.25) is 5.02 Å². The lowest BCUT2D eigenvalue weighted by Gasteiger charge is -2.43. The number of sulfone groups is 1. The second kappa shape index (κ2) is 6.38. The number of aryl methyl sites for hydroxylation is 1. The number of nitrogens with one attached hydrogen (secondary N) is 1. The van der Waals surface area contributed by atoms with Crippen LogP contribution in [0, 0.1) is 6.92 Å². The molecule has 0 aliphatic heterocycles. The van der Waals surface area contributed by atoms with Gasteiger partial charge in [-0.3, -0.25) is 9.48 Å². The first kappa shape index (κ1) is 21.0. The number of hydrogen-bond donors (Lipinski definition) is 1. The second-order valence-electron chi connectivity index (χ2n) is 8.09. The molecule has 0 radical (unpaired) electrons. The van der Waals surface area contributed by atoms with Gasteiger partial charge in [-0.05, 0) is 20.8 Å². The first-order chi connectivity index (χ1) is 12.7. The minimum atomic E-state index is -3.71. The van der Waals surface area contributed by atoms with Crippen LogP contribution in [0.5, 0.6) is 0 Å². The Morgan fingerprint density at radius 3 is 2.32 bits per heavy atom. The van der Waals surface area contributed by atoms with Crippen molar-refractivity contribution in [2.75, 3.05) is 6.26 Å². The predicted octanol–water partition coefficient (Wildman–Crippen LogP) is 3.87. The topological polar surface area (TPSA) is 84.8 Å². The minimum Gasteiger partial charge on any atom is -0.356 e. The van der Waals surface area contributed by atoms with Crippen LogP contribution in [-0.2, 0) is 15.3 Å². The van der Waals surface area contributed by atoms with Crippen LogP contribution in [0.3, 0.4) is 0 Å². The third-order valence-corrected chi connectivity index (χ3v) is 6.61. The van der Waals surface area contributed by atoms with Gasteiger partial charge in [0.15, 0.2) is 9.84 Å². The van der Waals surface area contributed by atoms with Gasteiger partial charge in [-0.25, -0.2) is 17.2 Å². The summed E-state index contributed by atoms with van der Waals surface area (Å²) in [6, 6.07) is 0.996. The zero-order valence-electron chi connectivity index (χ0n) is 16.2. The van der Waals surface area contributed by atoms with E-state index < -0.39 is 26.6 Å². The first-order valence-corrected chi connectivity index (χ1v) is 11.0. The van der Waals surface area contributed by atoms with Crippen molar-refractivity contribution >= 4 is 21.4 Å². The summed E-state index contributed by atoms with van der Waals surface area (Å²) in [6.07, 6.45) is 0.263. The van der Waals surface area contributed by atoms with Gasteiger partial charge in [-0.2, -0.15) is 5.10 Å². The third kappa shape index (κ3) is 3.39. The number of rotatable bonds is 4. The summed E-state index contributed by atoms with van der Waals surface area (Å²) >= 11 is 6.56. The van der Waals surface area contributed by atoms with Crippen molar-refractivity contribution in [3.8, 4) is 11.4 Å². The Morgan fingerprint density at radius 1 is 1.32 bits per heavy atom. The zero-order valence-corrected chi connectivity index (χ0v) is 17.8. The summed E-state index contributed by atoms with van der Waals surface area (Å²) in [7, 11) is -3.71. The molecule has 2 aromatic heterocycles. The molecule has 0 saturated heterocycles. The number of aromatic amines is 1. The van der Waals surface area contributed by atoms with E-state index in [-0.39, 0.29) is 34.5 Å². The summed E-state index contributed by atoms with van der Waals surface area (Å²) < 4.78 is 52.4. The number of aromatic nitrogens is 3. The minimum absolute atomic E-state index is 0.163. The zero-order chi connectivity index (χ0) is 21.2. The number of halogens is 3. The SMILES string of the molecule is Cc1[nH]c(-c2c(Cl)c(C3(C)CC(F)(F)C3)nn2C(C)C)cc(=O)c1S(C)(=O)=O. The lowest BCUT2D eigenvalue weighted by atomic mass is 9.65. The van der Waals surface area contributed by atoms with Crippen molar-refractivity contribution in [2.45, 2.75) is 62.8 Å². The van der Waals surface area contributed by atoms with Crippen LogP contribution in [-0.4, -0.2) is 35.4 Å². The molecule has 1 fully saturated rings. The van der Waals surface area contributed by atoms with Crippen LogP contribution >= 0.6 is 11.6 Å². The Hall–Kier alpha value is -1.74. The molecule has 1 N–H and O–H groups in total. The Morgan fingerprint density at radius 2 is 1.89 bits per heavy atom. The van der Waals surface area contributed by atoms with Gasteiger partial charge in [0.25, 0.3) is 0 Å². The summed E-state index contributed by atoms with van der Waals surface area (Å²) in [4.78, 5) is 15.1. The quantitative estimate of drug-likeness (QED) is 0.793. The molecular weight excluding hydrogens is 412 g/mol. The maximum atomic E-state index is 13.5. The van der Waals surface area contributed by atoms with E-state index in [1.54, 1.807) is 11.6 Å². The molecule has 0 amide bonds. The number of nitrogens with zero attached hydrogens (tertiary/aromatic N) is 2. The standard InChI is InChI=1S/C18H22ClF2N3O3S/c1-9(2)24-14(11-6-12(25)15(10(3)22-11)28(5,26)27)13(19)16(23-24)17(4)7-18(20,21)8-17/h6,9H,7-8H2,1-5H3,(H,22,25). The van der Waals surface area contributed by atoms with Crippen molar-refractivity contribution in [3.63, 3.8) is 0 Å². The van der Waals surface area contributed by atoms with Gasteiger partial charge < -0.3 is 4.98 Å². The third-order valence-electron chi connectivity index (χ3n) is 5.00. The van der Waals surface area contributed by atoms with E-state index in [2.05, 4.69) is 10.1 Å². The molecular formula is C18H22ClF2N3O3S. The lowest BCUT2D eigenvalue weighted by Crippen LogP contribution is -2.47. The maximum absolute atomic E-state index is 13.5. The molecule has 154 valence electrons. The molecule has 3 rings (SSSR count). The fraction of sp³-hybridized carbons (Fsp3) is 0.556. The largest absolute Gasteiger partial charge is 0.356 e. The highest BCUT2D eigenvalue weighted by atomic mass is 35.5. The lowest BCUT2D eigenvalue weighted by molar-refractivity contribution is -0.122. The highest BCUT2D eigenvalue weighted by Crippen LogP contribution is 2.55. The number of alkyl halides is 2. The van der Waals surface area contributed by atoms with Crippen LogP contribution in [0.1, 0.15) is 51.0 Å². The Balaban J connectivity index is 2.22. The van der Waals surface area contributed by atoms with E-state index in [0.717, 1.165) is 12.3 Å². The summed E-state index contributed by atoms with van der Waals surface area (Å²) in [5.41, 5.74) is -0.318. The number of pyridine rings is 1. The van der Waals surface area contributed by atoms with Gasteiger partial charge in [-0.1, -0.05) is 18.5 Å². The molecule has 0 spiro atoms. The van der Waals surface area contributed by atoms with E-state index >= 15 is 0 Å². The van der Waals surface area contributed by atoms with E-state index in [9.17, 15) is 22.0 Å². The van der Waals surface area contributed by atoms with Gasteiger partial charge in [0.2, 0.25) is 11.4 Å². The van der Waals surface area contributed by atoms with E-state index in [1.165, 1.54) is 6.92 Å². The summed E-state index contributed by atoms with van der Waals surface area (Å²) in [5.74, 6) is -2.75. The van der Waals surface area contributed by atoms with Crippen LogP contribution < -0.4 is 5.43 Å². The van der Waals surface area contributed by atoms with Crippen molar-refractivity contribution < 1.29 is 17.2 Å². The molecule has 6 nitrogen and oxygen atoms in total. The number of hydrogen-bond acceptors (Lipinski definition) is 4. The highest BCUT2D eigenvalue weighted by Gasteiger charge is 2.56. The van der Waals surface area contributed by atoms with Gasteiger partial charge in [0.05, 0.1) is 16.4 Å². The Labute approximate surface area is 166 Å². The Bertz CT molecular complexity index is 1110. The van der Waals surface area contributed by atoms with E-state index in [0.29, 0.717) is 17.1 Å². The molecule has 1 aliphatic carbocycles. The monoisotopic (exact) mass is 433 g/mol. The summed E-state index contributed by atoms with van der Waals surface area (Å²) in [6.45, 7) is 6.88. The van der Waals surface area contributed by atoms with Crippen molar-refractivity contribution in [3.05, 3.63) is 32.7 Å². The predicted molar refractivity (Wildman–Crippen MR) is 103 cm³/mol. The van der Waals surface area contributed by atoms with E-state index in [4.69, 9.17) is 11.6 Å². The van der Waals surface area contributed by atoms with Crippen molar-refractivity contribution in [1.29, 1.82) is 0 Å². The fourth-order valence-electron chi connectivity index (χ4n) is 3.94. The van der Waals surface area contributed by atoms with Gasteiger partial charge >= 0.3 is 0 Å². The molecule has 1 saturated carbocycles. The van der Waals surface area contributed by atoms with Gasteiger partial charge in [0.1, 0.15) is 10.6 Å². The van der Waals surface area contributed by atoms with Crippen LogP contribution in [0.25, 0.3) is 11.4 Å². The van der Waals surface area contributed by atoms with Gasteiger partial charge in [-0.15, -0.1) is 0 Å². The molecule has 1 aliphatic rings. The molecule has 2 aromatic rings. The molecule has 10 heteroatoms. The average molecular weight is 434 g/mol. The fourth-order valence-corrected chi connectivity index (χ4v) is 5.42. The molecule has 0 unspecified atom stereocenters. The van der Waals surface area contributed by atoms with Gasteiger partial charge in [0, 0.05) is 42.3 Å². The second-order valence-corrected chi connectivity index (χ2v) is 10.4. The summed E-state index contributed by atoms with van der Waals surface area (Å²) in [5, 5.41) is 4.68. The molecule has 0 aromatic carbocycles. The smallest absolute Gasteiger partial charge is 0.250 e. The first-order valence-electron chi connectivity index (χ1n) is 8.77. The van der Waals surface area contributed by atoms with Crippen LogP contribution in [0.4, 0.5) is 8.78 Å². The molecule has 28 heavy (non-hydrogen) atoms. The molecule has 0 atom stereocenters. The van der Waals surface area contributed by atoms with Crippen molar-refractivity contribution in [1.82, 2.24) is 14.8 Å². The maximum Gasteiger partial charge on any atom is 0.250 e. The van der Waals surface area contributed by atoms with Crippen LogP contribution in [0.15, 0.2) is 15.8 Å². The Kier molecular flexibility index (Phi) is 4.78. The van der Waals surface area contributed by atoms with Crippen molar-refractivity contribution in [2.24, 2.45) is 0 Å². The normalized spacial score (nSPS) is 18.3. The highest BCUT2D eigenvalue weighted by molar-refractivity contribution is 7.90.